The SMILES string of the molecule is CC(=O)c1c(C)c2cnc(Nc3ccc(N4CCN(CC(=O)NCCOCCOCCOCCOCCOCCNc5ccc(C(=O)Nc6nc(C)c(C)s6)c(C)c5)CC4)cn3)nc2n(C2CCCC2)c1=O. The van der Waals surface area contributed by atoms with Crippen LogP contribution in [-0.2, 0) is 28.5 Å². The lowest BCUT2D eigenvalue weighted by atomic mass is 10.0. The second kappa shape index (κ2) is 27.2. The van der Waals surface area contributed by atoms with Gasteiger partial charge in [-0.15, -0.1) is 11.3 Å². The maximum Gasteiger partial charge on any atom is 0.263 e. The first-order valence-corrected chi connectivity index (χ1v) is 25.6. The fraction of sp³-hybridized carbons (Fsp3) is 0.529. The summed E-state index contributed by atoms with van der Waals surface area (Å²) in [6.07, 6.45) is 7.30. The Morgan fingerprint density at radius 1 is 0.764 bits per heavy atom. The number of Topliss-reactive ketones (excluding diaryl/α,β-unsaturated/α-hetero) is 1. The molecule has 0 spiro atoms. The van der Waals surface area contributed by atoms with Crippen LogP contribution in [0.25, 0.3) is 11.0 Å². The number of nitrogens with zero attached hydrogens (tertiary/aromatic N) is 7. The minimum atomic E-state index is -0.283. The van der Waals surface area contributed by atoms with Gasteiger partial charge in [-0.2, -0.15) is 4.98 Å². The van der Waals surface area contributed by atoms with E-state index in [9.17, 15) is 19.2 Å². The lowest BCUT2D eigenvalue weighted by Gasteiger charge is -2.35. The molecule has 0 atom stereocenters. The van der Waals surface area contributed by atoms with Crippen LogP contribution >= 0.6 is 11.3 Å². The number of hydrogen-bond acceptors (Lipinski definition) is 18. The second-order valence-electron chi connectivity index (χ2n) is 17.9. The van der Waals surface area contributed by atoms with Gasteiger partial charge in [0.15, 0.2) is 10.9 Å². The predicted molar refractivity (Wildman–Crippen MR) is 279 cm³/mol. The van der Waals surface area contributed by atoms with E-state index < -0.39 is 0 Å². The zero-order chi connectivity index (χ0) is 50.8. The number of anilines is 5. The highest BCUT2D eigenvalue weighted by Crippen LogP contribution is 2.32. The van der Waals surface area contributed by atoms with Crippen LogP contribution in [0.3, 0.4) is 0 Å². The van der Waals surface area contributed by atoms with E-state index >= 15 is 0 Å². The van der Waals surface area contributed by atoms with E-state index in [4.69, 9.17) is 28.7 Å². The van der Waals surface area contributed by atoms with Crippen molar-refractivity contribution in [1.29, 1.82) is 0 Å². The summed E-state index contributed by atoms with van der Waals surface area (Å²) in [6, 6.07) is 9.52. The maximum absolute atomic E-state index is 13.6. The Morgan fingerprint density at radius 2 is 1.42 bits per heavy atom. The van der Waals surface area contributed by atoms with Crippen LogP contribution in [0.4, 0.5) is 28.3 Å². The molecule has 1 saturated heterocycles. The quantitative estimate of drug-likeness (QED) is 0.0352. The van der Waals surface area contributed by atoms with Crippen molar-refractivity contribution in [3.8, 4) is 0 Å². The average molecular weight is 1010 g/mol. The molecule has 7 rings (SSSR count). The van der Waals surface area contributed by atoms with Gasteiger partial charge in [0.25, 0.3) is 11.5 Å². The van der Waals surface area contributed by atoms with Gasteiger partial charge in [0.1, 0.15) is 11.5 Å². The third-order valence-corrected chi connectivity index (χ3v) is 13.7. The van der Waals surface area contributed by atoms with E-state index in [1.54, 1.807) is 17.7 Å². The first kappa shape index (κ1) is 53.8. The lowest BCUT2D eigenvalue weighted by molar-refractivity contribution is -0.122. The van der Waals surface area contributed by atoms with E-state index in [0.717, 1.165) is 79.4 Å². The second-order valence-corrected chi connectivity index (χ2v) is 19.1. The molecule has 72 heavy (non-hydrogen) atoms. The van der Waals surface area contributed by atoms with Gasteiger partial charge in [-0.1, -0.05) is 12.8 Å². The van der Waals surface area contributed by atoms with Crippen LogP contribution in [0, 0.1) is 27.7 Å². The molecular weight excluding hydrogens is 943 g/mol. The number of ether oxygens (including phenoxy) is 5. The normalized spacial score (nSPS) is 14.3. The van der Waals surface area contributed by atoms with Gasteiger partial charge in [0.2, 0.25) is 11.9 Å². The number of benzene rings is 1. The number of carbonyl (C=O) groups is 3. The number of aromatic nitrogens is 5. The van der Waals surface area contributed by atoms with Crippen molar-refractivity contribution in [2.45, 2.75) is 66.3 Å². The smallest absolute Gasteiger partial charge is 0.263 e. The molecule has 5 heterocycles. The molecule has 2 aliphatic rings. The molecule has 0 bridgehead atoms. The maximum atomic E-state index is 13.6. The number of pyridine rings is 2. The first-order chi connectivity index (χ1) is 34.9. The van der Waals surface area contributed by atoms with Crippen molar-refractivity contribution >= 4 is 68.2 Å². The molecule has 4 N–H and O–H groups in total. The third kappa shape index (κ3) is 15.3. The number of fused-ring (bicyclic) bond motifs is 1. The van der Waals surface area contributed by atoms with E-state index in [2.05, 4.69) is 46.0 Å². The van der Waals surface area contributed by atoms with Gasteiger partial charge in [0, 0.05) is 73.0 Å². The number of hydrogen-bond donors (Lipinski definition) is 4. The summed E-state index contributed by atoms with van der Waals surface area (Å²) < 4.78 is 29.7. The molecule has 0 unspecified atom stereocenters. The summed E-state index contributed by atoms with van der Waals surface area (Å²) in [7, 11) is 0. The number of aryl methyl sites for hydroxylation is 4. The number of piperazine rings is 1. The minimum absolute atomic E-state index is 0.000465. The summed E-state index contributed by atoms with van der Waals surface area (Å²) in [6.45, 7) is 17.9. The summed E-state index contributed by atoms with van der Waals surface area (Å²) in [5.41, 5.74) is 5.36. The highest BCUT2D eigenvalue weighted by molar-refractivity contribution is 7.15. The fourth-order valence-corrected chi connectivity index (χ4v) is 9.53. The van der Waals surface area contributed by atoms with Crippen molar-refractivity contribution in [2.75, 3.05) is 133 Å². The van der Waals surface area contributed by atoms with Crippen molar-refractivity contribution in [1.82, 2.24) is 34.7 Å². The molecule has 1 saturated carbocycles. The molecule has 20 nitrogen and oxygen atoms in total. The monoisotopic (exact) mass is 1010 g/mol. The molecule has 0 radical (unpaired) electrons. The zero-order valence-corrected chi connectivity index (χ0v) is 43.0. The number of carbonyl (C=O) groups excluding carboxylic acids is 3. The van der Waals surface area contributed by atoms with E-state index in [-0.39, 0.29) is 34.8 Å². The molecule has 5 aromatic rings. The Morgan fingerprint density at radius 3 is 2.01 bits per heavy atom. The Hall–Kier alpha value is -5.94. The van der Waals surface area contributed by atoms with E-state index in [1.165, 1.54) is 18.3 Å². The minimum Gasteiger partial charge on any atom is -0.383 e. The fourth-order valence-electron chi connectivity index (χ4n) is 8.72. The van der Waals surface area contributed by atoms with Crippen LogP contribution < -0.4 is 31.7 Å². The highest BCUT2D eigenvalue weighted by Gasteiger charge is 2.26. The third-order valence-electron chi connectivity index (χ3n) is 12.7. The van der Waals surface area contributed by atoms with Crippen LogP contribution in [-0.4, -0.2) is 159 Å². The summed E-state index contributed by atoms with van der Waals surface area (Å²) >= 11 is 1.47. The number of amides is 2. The zero-order valence-electron chi connectivity index (χ0n) is 42.2. The van der Waals surface area contributed by atoms with Gasteiger partial charge in [0.05, 0.1) is 95.8 Å². The number of ketones is 1. The predicted octanol–water partition coefficient (Wildman–Crippen LogP) is 5.62. The van der Waals surface area contributed by atoms with Gasteiger partial charge in [-0.25, -0.2) is 15.0 Å². The van der Waals surface area contributed by atoms with Crippen LogP contribution in [0.2, 0.25) is 0 Å². The molecule has 1 aliphatic heterocycles. The van der Waals surface area contributed by atoms with Crippen LogP contribution in [0.15, 0.2) is 47.5 Å². The Balaban J connectivity index is 0.660. The highest BCUT2D eigenvalue weighted by atomic mass is 32.1. The van der Waals surface area contributed by atoms with Crippen molar-refractivity contribution in [2.24, 2.45) is 0 Å². The molecule has 1 aromatic carbocycles. The van der Waals surface area contributed by atoms with Gasteiger partial charge in [-0.05, 0) is 88.9 Å². The van der Waals surface area contributed by atoms with E-state index in [0.29, 0.717) is 125 Å². The standard InChI is InChI=1S/C51H69N11O9S/c1-34-30-39(10-12-42(34)48(65)59-51-56-36(3)38(5)72-51)52-14-20-67-22-24-69-26-28-71-29-27-70-25-23-68-21-15-53-45(64)33-60-16-18-61(19-17-60)41-11-13-44(54-31-41)57-50-55-32-43-35(2)46(37(4)63)49(66)62(47(43)58-50)40-8-6-7-9-40/h10-13,30-32,40,52H,6-9,14-29,33H2,1-5H3,(H,53,64)(H,56,59,65)(H,54,55,57,58). The van der Waals surface area contributed by atoms with Crippen LogP contribution in [0.5, 0.6) is 0 Å². The molecule has 2 fully saturated rings. The van der Waals surface area contributed by atoms with Crippen molar-refractivity contribution < 1.29 is 38.1 Å². The van der Waals surface area contributed by atoms with Crippen LogP contribution in [0.1, 0.15) is 81.1 Å². The van der Waals surface area contributed by atoms with E-state index in [1.807, 2.05) is 57.3 Å². The molecule has 1 aliphatic carbocycles. The number of rotatable bonds is 28. The lowest BCUT2D eigenvalue weighted by Crippen LogP contribution is -2.49. The molecule has 388 valence electrons. The van der Waals surface area contributed by atoms with Gasteiger partial charge in [-0.3, -0.25) is 34.0 Å². The Kier molecular flexibility index (Phi) is 20.3. The van der Waals surface area contributed by atoms with Crippen molar-refractivity contribution in [3.05, 3.63) is 85.9 Å². The molecule has 21 heteroatoms. The molecular formula is C51H69N11O9S. The number of thiazole rings is 1. The average Bonchev–Trinajstić information content (AvgIpc) is 4.01. The number of nitrogens with one attached hydrogen (secondary N) is 4. The van der Waals surface area contributed by atoms with Crippen molar-refractivity contribution in [3.63, 3.8) is 0 Å². The Bertz CT molecular complexity index is 2630. The molecule has 4 aromatic heterocycles. The largest absolute Gasteiger partial charge is 0.383 e. The van der Waals surface area contributed by atoms with Gasteiger partial charge >= 0.3 is 0 Å². The molecule has 2 amide bonds. The summed E-state index contributed by atoms with van der Waals surface area (Å²) in [5.74, 6) is 0.437. The van der Waals surface area contributed by atoms with Gasteiger partial charge < -0.3 is 44.5 Å². The Labute approximate surface area is 424 Å². The summed E-state index contributed by atoms with van der Waals surface area (Å²) in [5, 5.41) is 13.6. The first-order valence-electron chi connectivity index (χ1n) is 24.8. The topological polar surface area (TPSA) is 226 Å². The summed E-state index contributed by atoms with van der Waals surface area (Å²) in [4.78, 5) is 75.1.